The lowest BCUT2D eigenvalue weighted by Crippen LogP contribution is -2.32. The van der Waals surface area contributed by atoms with E-state index in [0.29, 0.717) is 0 Å². The number of hydrogen-bond donors (Lipinski definition) is 0. The highest BCUT2D eigenvalue weighted by Gasteiger charge is 2.12. The van der Waals surface area contributed by atoms with Crippen LogP contribution in [0.5, 0.6) is 0 Å². The van der Waals surface area contributed by atoms with E-state index in [1.807, 2.05) is 12.1 Å². The summed E-state index contributed by atoms with van der Waals surface area (Å²) in [4.78, 5) is 0. The molecular formula is C12H15ClNS+. The second-order valence-electron chi connectivity index (χ2n) is 4.21. The molecule has 0 fully saturated rings. The van der Waals surface area contributed by atoms with Gasteiger partial charge < -0.3 is 0 Å². The summed E-state index contributed by atoms with van der Waals surface area (Å²) in [6, 6.07) is 6.09. The first-order valence-electron chi connectivity index (χ1n) is 5.23. The van der Waals surface area contributed by atoms with Gasteiger partial charge in [0, 0.05) is 17.5 Å². The van der Waals surface area contributed by atoms with E-state index in [4.69, 9.17) is 11.6 Å². The Kier molecular flexibility index (Phi) is 3.27. The molecule has 1 aromatic carbocycles. The predicted octanol–water partition coefficient (Wildman–Crippen LogP) is 3.89. The summed E-state index contributed by atoms with van der Waals surface area (Å²) in [5, 5.41) is 0.819. The molecule has 0 bridgehead atoms. The van der Waals surface area contributed by atoms with Crippen LogP contribution in [0.1, 0.15) is 20.3 Å². The summed E-state index contributed by atoms with van der Waals surface area (Å²) < 4.78 is 3.61. The maximum Gasteiger partial charge on any atom is 0.225 e. The van der Waals surface area contributed by atoms with Crippen LogP contribution >= 0.6 is 22.9 Å². The lowest BCUT2D eigenvalue weighted by Gasteiger charge is -1.99. The Morgan fingerprint density at radius 3 is 2.93 bits per heavy atom. The van der Waals surface area contributed by atoms with E-state index in [1.165, 1.54) is 16.6 Å². The van der Waals surface area contributed by atoms with Crippen LogP contribution in [0.15, 0.2) is 23.7 Å². The highest BCUT2D eigenvalue weighted by molar-refractivity contribution is 7.16. The average molecular weight is 241 g/mol. The van der Waals surface area contributed by atoms with Crippen molar-refractivity contribution >= 4 is 33.2 Å². The summed E-state index contributed by atoms with van der Waals surface area (Å²) in [6.07, 6.45) is 1.21. The van der Waals surface area contributed by atoms with Gasteiger partial charge in [0.15, 0.2) is 0 Å². The molecule has 0 spiro atoms. The van der Waals surface area contributed by atoms with Gasteiger partial charge in [-0.3, -0.25) is 0 Å². The topological polar surface area (TPSA) is 3.88 Å². The first kappa shape index (κ1) is 10.9. The molecule has 3 heteroatoms. The smallest absolute Gasteiger partial charge is 0.188 e. The van der Waals surface area contributed by atoms with E-state index in [2.05, 4.69) is 30.0 Å². The van der Waals surface area contributed by atoms with E-state index >= 15 is 0 Å². The van der Waals surface area contributed by atoms with Gasteiger partial charge in [-0.15, -0.1) is 0 Å². The van der Waals surface area contributed by atoms with Gasteiger partial charge in [-0.2, -0.15) is 4.57 Å². The molecule has 1 nitrogen and oxygen atoms in total. The zero-order valence-corrected chi connectivity index (χ0v) is 10.6. The number of benzene rings is 1. The van der Waals surface area contributed by atoms with Crippen LogP contribution in [-0.2, 0) is 6.54 Å². The fraction of sp³-hybridized carbons (Fsp3) is 0.417. The van der Waals surface area contributed by atoms with Gasteiger partial charge in [0.1, 0.15) is 11.2 Å². The van der Waals surface area contributed by atoms with Gasteiger partial charge in [0.2, 0.25) is 11.0 Å². The second-order valence-corrected chi connectivity index (χ2v) is 5.53. The molecule has 2 rings (SSSR count). The number of nitrogens with zero attached hydrogens (tertiary/aromatic N) is 1. The van der Waals surface area contributed by atoms with Crippen molar-refractivity contribution < 1.29 is 4.57 Å². The molecule has 0 atom stereocenters. The van der Waals surface area contributed by atoms with Crippen LogP contribution in [0.2, 0.25) is 5.02 Å². The summed E-state index contributed by atoms with van der Waals surface area (Å²) in [5.41, 5.74) is 3.44. The molecule has 1 heterocycles. The predicted molar refractivity (Wildman–Crippen MR) is 66.5 cm³/mol. The van der Waals surface area contributed by atoms with Gasteiger partial charge in [0.05, 0.1) is 0 Å². The molecule has 0 N–H and O–H groups in total. The molecule has 15 heavy (non-hydrogen) atoms. The fourth-order valence-electron chi connectivity index (χ4n) is 1.56. The molecule has 80 valence electrons. The summed E-state index contributed by atoms with van der Waals surface area (Å²) in [7, 11) is 0. The zero-order valence-electron chi connectivity index (χ0n) is 9.03. The van der Waals surface area contributed by atoms with Crippen molar-refractivity contribution in [3.63, 3.8) is 0 Å². The van der Waals surface area contributed by atoms with Crippen LogP contribution in [-0.4, -0.2) is 0 Å². The van der Waals surface area contributed by atoms with Crippen molar-refractivity contribution in [1.82, 2.24) is 0 Å². The molecule has 0 aliphatic carbocycles. The van der Waals surface area contributed by atoms with Gasteiger partial charge >= 0.3 is 0 Å². The third-order valence-electron chi connectivity index (χ3n) is 2.48. The van der Waals surface area contributed by atoms with E-state index in [-0.39, 0.29) is 0 Å². The van der Waals surface area contributed by atoms with Crippen molar-refractivity contribution in [1.29, 1.82) is 0 Å². The minimum atomic E-state index is 0.742. The largest absolute Gasteiger partial charge is 0.225 e. The highest BCUT2D eigenvalue weighted by atomic mass is 35.5. The minimum absolute atomic E-state index is 0.742. The average Bonchev–Trinajstić information content (AvgIpc) is 2.57. The van der Waals surface area contributed by atoms with Gasteiger partial charge in [-0.05, 0) is 18.1 Å². The van der Waals surface area contributed by atoms with Crippen LogP contribution in [0.4, 0.5) is 0 Å². The zero-order chi connectivity index (χ0) is 10.8. The number of thiazole rings is 1. The number of hydrogen-bond acceptors (Lipinski definition) is 1. The van der Waals surface area contributed by atoms with Crippen LogP contribution in [0, 0.1) is 5.92 Å². The number of fused-ring (bicyclic) bond motifs is 1. The van der Waals surface area contributed by atoms with Crippen molar-refractivity contribution in [3.8, 4) is 0 Å². The molecule has 0 unspecified atom stereocenters. The standard InChI is InChI=1S/C12H15ClNS/c1-9(2)5-6-14-8-15-12-4-3-10(13)7-11(12)14/h3-4,7-9H,5-6H2,1-2H3/q+1. The summed E-state index contributed by atoms with van der Waals surface area (Å²) >= 11 is 7.78. The van der Waals surface area contributed by atoms with Crippen molar-refractivity contribution in [3.05, 3.63) is 28.7 Å². The molecule has 0 saturated carbocycles. The molecule has 2 aromatic rings. The van der Waals surface area contributed by atoms with Crippen molar-refractivity contribution in [2.24, 2.45) is 5.92 Å². The maximum atomic E-state index is 6.00. The fourth-order valence-corrected chi connectivity index (χ4v) is 2.63. The molecule has 0 amide bonds. The SMILES string of the molecule is CC(C)CC[n+]1csc2ccc(Cl)cc21. The molecule has 0 aliphatic rings. The van der Waals surface area contributed by atoms with Crippen LogP contribution < -0.4 is 4.57 Å². The summed E-state index contributed by atoms with van der Waals surface area (Å²) in [5.74, 6) is 0.742. The molecule has 0 radical (unpaired) electrons. The first-order valence-corrected chi connectivity index (χ1v) is 6.49. The Hall–Kier alpha value is -0.600. The van der Waals surface area contributed by atoms with E-state index < -0.39 is 0 Å². The third kappa shape index (κ3) is 2.50. The van der Waals surface area contributed by atoms with Gasteiger partial charge in [-0.25, -0.2) is 0 Å². The van der Waals surface area contributed by atoms with Crippen molar-refractivity contribution in [2.45, 2.75) is 26.8 Å². The Balaban J connectivity index is 2.31. The van der Waals surface area contributed by atoms with Crippen LogP contribution in [0.3, 0.4) is 0 Å². The van der Waals surface area contributed by atoms with Gasteiger partial charge in [0.25, 0.3) is 0 Å². The first-order chi connectivity index (χ1) is 7.16. The molecule has 0 saturated heterocycles. The lowest BCUT2D eigenvalue weighted by atomic mass is 10.1. The Morgan fingerprint density at radius 2 is 2.20 bits per heavy atom. The van der Waals surface area contributed by atoms with Crippen LogP contribution in [0.25, 0.3) is 10.2 Å². The second kappa shape index (κ2) is 4.50. The van der Waals surface area contributed by atoms with E-state index in [1.54, 1.807) is 11.3 Å². The van der Waals surface area contributed by atoms with E-state index in [9.17, 15) is 0 Å². The molecule has 1 aromatic heterocycles. The molecule has 0 aliphatic heterocycles. The lowest BCUT2D eigenvalue weighted by molar-refractivity contribution is -0.668. The minimum Gasteiger partial charge on any atom is -0.188 e. The highest BCUT2D eigenvalue weighted by Crippen LogP contribution is 2.20. The van der Waals surface area contributed by atoms with E-state index in [0.717, 1.165) is 17.5 Å². The van der Waals surface area contributed by atoms with Crippen molar-refractivity contribution in [2.75, 3.05) is 0 Å². The number of halogens is 1. The number of rotatable bonds is 3. The molecular weight excluding hydrogens is 226 g/mol. The third-order valence-corrected chi connectivity index (χ3v) is 3.68. The normalized spacial score (nSPS) is 11.5. The number of aromatic nitrogens is 1. The monoisotopic (exact) mass is 240 g/mol. The van der Waals surface area contributed by atoms with Gasteiger partial charge in [-0.1, -0.05) is 36.8 Å². The quantitative estimate of drug-likeness (QED) is 0.717. The Bertz CT molecular complexity index is 462. The number of aryl methyl sites for hydroxylation is 1. The Labute approximate surface area is 99.3 Å². The maximum absolute atomic E-state index is 6.00. The summed E-state index contributed by atoms with van der Waals surface area (Å²) in [6.45, 7) is 5.59. The Morgan fingerprint density at radius 1 is 1.40 bits per heavy atom.